The van der Waals surface area contributed by atoms with Crippen LogP contribution in [0.15, 0.2) is 50.8 Å². The molecular formula is C22H21BrN2O5S. The maximum atomic E-state index is 12.7. The first-order chi connectivity index (χ1) is 14.8. The first-order valence-electron chi connectivity index (χ1n) is 9.42. The molecule has 0 unspecified atom stereocenters. The van der Waals surface area contributed by atoms with E-state index in [1.165, 1.54) is 16.7 Å². The van der Waals surface area contributed by atoms with Crippen LogP contribution in [-0.4, -0.2) is 47.3 Å². The number of amides is 1. The molecule has 1 aliphatic rings. The van der Waals surface area contributed by atoms with Crippen molar-refractivity contribution < 1.29 is 24.2 Å². The standard InChI is InChI=1S/C22H21BrN2O5S/c1-4-29-17-10-14(9-16(23)20(17)30-12-19(26)27)11-18-21(28)25(3)22(31-18)24-15-7-5-13(2)6-8-15/h5-11H,4,12H2,1-3H3,(H,26,27)/b18-11+,24-22?. The highest BCUT2D eigenvalue weighted by Gasteiger charge is 2.30. The second kappa shape index (κ2) is 10.0. The number of aliphatic imine (C=N–C) groups is 1. The van der Waals surface area contributed by atoms with Crippen LogP contribution in [0, 0.1) is 6.92 Å². The van der Waals surface area contributed by atoms with Crippen LogP contribution in [0.2, 0.25) is 0 Å². The molecule has 1 heterocycles. The summed E-state index contributed by atoms with van der Waals surface area (Å²) in [6.07, 6.45) is 1.75. The van der Waals surface area contributed by atoms with E-state index in [1.54, 1.807) is 25.3 Å². The first kappa shape index (κ1) is 22.9. The quantitative estimate of drug-likeness (QED) is 0.542. The van der Waals surface area contributed by atoms with Crippen LogP contribution in [0.1, 0.15) is 18.1 Å². The average Bonchev–Trinajstić information content (AvgIpc) is 2.97. The molecule has 1 saturated heterocycles. The van der Waals surface area contributed by atoms with Gasteiger partial charge in [0.25, 0.3) is 5.91 Å². The van der Waals surface area contributed by atoms with Crippen LogP contribution in [0.3, 0.4) is 0 Å². The van der Waals surface area contributed by atoms with Gasteiger partial charge in [0.2, 0.25) is 0 Å². The molecule has 162 valence electrons. The summed E-state index contributed by atoms with van der Waals surface area (Å²) in [7, 11) is 1.69. The van der Waals surface area contributed by atoms with Crippen LogP contribution in [0.5, 0.6) is 11.5 Å². The Balaban J connectivity index is 1.90. The molecule has 9 heteroatoms. The lowest BCUT2D eigenvalue weighted by Crippen LogP contribution is -2.23. The van der Waals surface area contributed by atoms with Crippen molar-refractivity contribution in [2.24, 2.45) is 4.99 Å². The van der Waals surface area contributed by atoms with Crippen LogP contribution >= 0.6 is 27.7 Å². The number of hydrogen-bond donors (Lipinski definition) is 1. The summed E-state index contributed by atoms with van der Waals surface area (Å²) in [5, 5.41) is 9.47. The zero-order valence-corrected chi connectivity index (χ0v) is 19.6. The van der Waals surface area contributed by atoms with Gasteiger partial charge in [-0.2, -0.15) is 0 Å². The van der Waals surface area contributed by atoms with Crippen LogP contribution in [0.25, 0.3) is 6.08 Å². The van der Waals surface area contributed by atoms with E-state index in [1.807, 2.05) is 38.1 Å². The number of halogens is 1. The number of likely N-dealkylation sites (N-methyl/N-ethyl adjacent to an activating group) is 1. The van der Waals surface area contributed by atoms with Crippen molar-refractivity contribution in [1.82, 2.24) is 4.90 Å². The minimum absolute atomic E-state index is 0.156. The van der Waals surface area contributed by atoms with Crippen LogP contribution < -0.4 is 9.47 Å². The molecule has 1 N–H and O–H groups in total. The zero-order chi connectivity index (χ0) is 22.5. The molecule has 2 aromatic carbocycles. The Labute approximate surface area is 192 Å². The fraction of sp³-hybridized carbons (Fsp3) is 0.227. The van der Waals surface area contributed by atoms with E-state index < -0.39 is 12.6 Å². The molecule has 1 fully saturated rings. The van der Waals surface area contributed by atoms with E-state index in [9.17, 15) is 9.59 Å². The van der Waals surface area contributed by atoms with Crippen molar-refractivity contribution in [2.75, 3.05) is 20.3 Å². The number of carbonyl (C=O) groups is 2. The lowest BCUT2D eigenvalue weighted by Gasteiger charge is -2.13. The molecule has 3 rings (SSSR count). The smallest absolute Gasteiger partial charge is 0.341 e. The summed E-state index contributed by atoms with van der Waals surface area (Å²) >= 11 is 4.69. The second-order valence-electron chi connectivity index (χ2n) is 6.65. The van der Waals surface area contributed by atoms with E-state index in [4.69, 9.17) is 14.6 Å². The summed E-state index contributed by atoms with van der Waals surface area (Å²) in [6, 6.07) is 11.2. The molecule has 0 spiro atoms. The van der Waals surface area contributed by atoms with E-state index in [-0.39, 0.29) is 5.91 Å². The summed E-state index contributed by atoms with van der Waals surface area (Å²) in [6.45, 7) is 3.71. The van der Waals surface area contributed by atoms with Gasteiger partial charge in [-0.25, -0.2) is 9.79 Å². The third-order valence-electron chi connectivity index (χ3n) is 4.23. The predicted molar refractivity (Wildman–Crippen MR) is 125 cm³/mol. The third-order valence-corrected chi connectivity index (χ3v) is 5.88. The number of hydrogen-bond acceptors (Lipinski definition) is 6. The van der Waals surface area contributed by atoms with Crippen LogP contribution in [0.4, 0.5) is 5.69 Å². The Bertz CT molecular complexity index is 1070. The summed E-state index contributed by atoms with van der Waals surface area (Å²) in [4.78, 5) is 30.2. The van der Waals surface area contributed by atoms with Crippen molar-refractivity contribution in [3.8, 4) is 11.5 Å². The van der Waals surface area contributed by atoms with Crippen molar-refractivity contribution in [1.29, 1.82) is 0 Å². The highest BCUT2D eigenvalue weighted by molar-refractivity contribution is 9.10. The Kier molecular flexibility index (Phi) is 7.40. The Morgan fingerprint density at radius 2 is 1.97 bits per heavy atom. The number of aliphatic carboxylic acids is 1. The molecule has 0 atom stereocenters. The number of ether oxygens (including phenoxy) is 2. The minimum atomic E-state index is -1.09. The molecule has 0 aliphatic carbocycles. The molecule has 0 aromatic heterocycles. The van der Waals surface area contributed by atoms with Crippen molar-refractivity contribution >= 4 is 56.5 Å². The van der Waals surface area contributed by atoms with E-state index in [0.717, 1.165) is 11.3 Å². The van der Waals surface area contributed by atoms with Gasteiger partial charge in [-0.05, 0) is 77.4 Å². The first-order valence-corrected chi connectivity index (χ1v) is 11.0. The fourth-order valence-corrected chi connectivity index (χ4v) is 4.30. The predicted octanol–water partition coefficient (Wildman–Crippen LogP) is 4.85. The SMILES string of the molecule is CCOc1cc(/C=C2/SC(=Nc3ccc(C)cc3)N(C)C2=O)cc(Br)c1OCC(=O)O. The number of nitrogens with zero attached hydrogens (tertiary/aromatic N) is 2. The molecule has 0 bridgehead atoms. The van der Waals surface area contributed by atoms with Crippen LogP contribution in [-0.2, 0) is 9.59 Å². The number of carbonyl (C=O) groups excluding carboxylic acids is 1. The summed E-state index contributed by atoms with van der Waals surface area (Å²) in [5.41, 5.74) is 2.62. The van der Waals surface area contributed by atoms with Gasteiger partial charge >= 0.3 is 5.97 Å². The Hall–Kier alpha value is -2.78. The highest BCUT2D eigenvalue weighted by atomic mass is 79.9. The molecule has 1 aliphatic heterocycles. The maximum absolute atomic E-state index is 12.7. The van der Waals surface area contributed by atoms with Gasteiger partial charge in [-0.3, -0.25) is 9.69 Å². The number of carboxylic acid groups (broad SMARTS) is 1. The number of rotatable bonds is 7. The lowest BCUT2D eigenvalue weighted by atomic mass is 10.2. The number of carboxylic acids is 1. The number of amidine groups is 1. The molecule has 0 saturated carbocycles. The van der Waals surface area contributed by atoms with Gasteiger partial charge < -0.3 is 14.6 Å². The van der Waals surface area contributed by atoms with Gasteiger partial charge in [0.1, 0.15) is 0 Å². The van der Waals surface area contributed by atoms with Gasteiger partial charge in [0.15, 0.2) is 23.3 Å². The van der Waals surface area contributed by atoms with Gasteiger partial charge in [0, 0.05) is 7.05 Å². The number of thioether (sulfide) groups is 1. The topological polar surface area (TPSA) is 88.4 Å². The van der Waals surface area contributed by atoms with Gasteiger partial charge in [-0.15, -0.1) is 0 Å². The molecule has 31 heavy (non-hydrogen) atoms. The molecule has 7 nitrogen and oxygen atoms in total. The third kappa shape index (κ3) is 5.68. The normalized spacial score (nSPS) is 16.3. The molecule has 0 radical (unpaired) electrons. The van der Waals surface area contributed by atoms with E-state index in [0.29, 0.717) is 38.2 Å². The van der Waals surface area contributed by atoms with Crippen molar-refractivity contribution in [3.05, 3.63) is 56.9 Å². The number of aryl methyl sites for hydroxylation is 1. The fourth-order valence-electron chi connectivity index (χ4n) is 2.74. The van der Waals surface area contributed by atoms with Crippen molar-refractivity contribution in [2.45, 2.75) is 13.8 Å². The largest absolute Gasteiger partial charge is 0.490 e. The summed E-state index contributed by atoms with van der Waals surface area (Å²) in [5.74, 6) is -0.550. The highest BCUT2D eigenvalue weighted by Crippen LogP contribution is 2.39. The maximum Gasteiger partial charge on any atom is 0.341 e. The second-order valence-corrected chi connectivity index (χ2v) is 8.51. The van der Waals surface area contributed by atoms with Gasteiger partial charge in [0.05, 0.1) is 21.7 Å². The average molecular weight is 505 g/mol. The van der Waals surface area contributed by atoms with E-state index >= 15 is 0 Å². The molecule has 2 aromatic rings. The van der Waals surface area contributed by atoms with Gasteiger partial charge in [-0.1, -0.05) is 17.7 Å². The zero-order valence-electron chi connectivity index (χ0n) is 17.2. The number of benzene rings is 2. The molecule has 1 amide bonds. The Morgan fingerprint density at radius 1 is 1.26 bits per heavy atom. The van der Waals surface area contributed by atoms with Crippen molar-refractivity contribution in [3.63, 3.8) is 0 Å². The molecular weight excluding hydrogens is 484 g/mol. The summed E-state index contributed by atoms with van der Waals surface area (Å²) < 4.78 is 11.5. The minimum Gasteiger partial charge on any atom is -0.490 e. The Morgan fingerprint density at radius 3 is 2.61 bits per heavy atom. The lowest BCUT2D eigenvalue weighted by molar-refractivity contribution is -0.139. The monoisotopic (exact) mass is 504 g/mol. The van der Waals surface area contributed by atoms with E-state index in [2.05, 4.69) is 20.9 Å².